The molecule has 1 heterocycles. The van der Waals surface area contributed by atoms with Crippen molar-refractivity contribution in [2.75, 3.05) is 6.54 Å². The van der Waals surface area contributed by atoms with E-state index in [1.54, 1.807) is 0 Å². The summed E-state index contributed by atoms with van der Waals surface area (Å²) in [6.45, 7) is 7.76. The van der Waals surface area contributed by atoms with E-state index in [0.717, 1.165) is 18.2 Å². The van der Waals surface area contributed by atoms with Crippen LogP contribution in [0.3, 0.4) is 0 Å². The van der Waals surface area contributed by atoms with E-state index in [9.17, 15) is 18.0 Å². The molecule has 0 aliphatic carbocycles. The van der Waals surface area contributed by atoms with Crippen molar-refractivity contribution in [3.8, 4) is 0 Å². The number of nitrogens with one attached hydrogen (secondary N) is 1. The summed E-state index contributed by atoms with van der Waals surface area (Å²) in [7, 11) is 0. The molecule has 0 aromatic carbocycles. The van der Waals surface area contributed by atoms with Crippen LogP contribution in [-0.4, -0.2) is 17.2 Å². The molecule has 6 heteroatoms. The van der Waals surface area contributed by atoms with Crippen molar-refractivity contribution in [3.05, 3.63) is 46.4 Å². The second-order valence-electron chi connectivity index (χ2n) is 4.62. The van der Waals surface area contributed by atoms with Crippen molar-refractivity contribution >= 4 is 0 Å². The average Bonchev–Trinajstić information content (AvgIpc) is 2.27. The molecule has 0 saturated carbocycles. The molecule has 0 unspecified atom stereocenters. The summed E-state index contributed by atoms with van der Waals surface area (Å²) < 4.78 is 39.1. The van der Waals surface area contributed by atoms with Gasteiger partial charge < -0.3 is 9.88 Å². The van der Waals surface area contributed by atoms with Crippen LogP contribution < -0.4 is 10.9 Å². The van der Waals surface area contributed by atoms with Crippen LogP contribution in [0.5, 0.6) is 0 Å². The molecule has 0 aliphatic heterocycles. The van der Waals surface area contributed by atoms with Crippen molar-refractivity contribution in [3.63, 3.8) is 0 Å². The van der Waals surface area contributed by atoms with E-state index in [1.165, 1.54) is 0 Å². The maximum atomic E-state index is 12.8. The van der Waals surface area contributed by atoms with E-state index >= 15 is 0 Å². The average molecular weight is 274 g/mol. The Balaban J connectivity index is 2.95. The topological polar surface area (TPSA) is 34.0 Å². The molecule has 1 aromatic rings. The zero-order chi connectivity index (χ0) is 14.6. The highest BCUT2D eigenvalue weighted by atomic mass is 19.4. The molecular weight excluding hydrogens is 257 g/mol. The van der Waals surface area contributed by atoms with Gasteiger partial charge in [-0.05, 0) is 11.6 Å². The fourth-order valence-corrected chi connectivity index (χ4v) is 1.56. The minimum atomic E-state index is -4.55. The van der Waals surface area contributed by atoms with Gasteiger partial charge >= 0.3 is 6.18 Å². The lowest BCUT2D eigenvalue weighted by Crippen LogP contribution is -2.31. The predicted octanol–water partition coefficient (Wildman–Crippen LogP) is 2.42. The van der Waals surface area contributed by atoms with Crippen LogP contribution in [0.4, 0.5) is 13.2 Å². The van der Waals surface area contributed by atoms with Gasteiger partial charge in [-0.1, -0.05) is 26.5 Å². The number of nitrogens with zero attached hydrogens (tertiary/aromatic N) is 1. The van der Waals surface area contributed by atoms with E-state index in [2.05, 4.69) is 11.9 Å². The number of hydrogen-bond acceptors (Lipinski definition) is 2. The lowest BCUT2D eigenvalue weighted by Gasteiger charge is -2.17. The zero-order valence-electron chi connectivity index (χ0n) is 10.9. The number of hydrogen-bond donors (Lipinski definition) is 1. The Morgan fingerprint density at radius 2 is 2.05 bits per heavy atom. The lowest BCUT2D eigenvalue weighted by molar-refractivity contribution is -0.144. The summed E-state index contributed by atoms with van der Waals surface area (Å²) >= 11 is 0. The summed E-state index contributed by atoms with van der Waals surface area (Å²) in [5, 5.41) is 3.05. The monoisotopic (exact) mass is 274 g/mol. The van der Waals surface area contributed by atoms with Gasteiger partial charge in [-0.15, -0.1) is 0 Å². The second kappa shape index (κ2) is 6.06. The quantitative estimate of drug-likeness (QED) is 0.837. The molecule has 1 aromatic heterocycles. The van der Waals surface area contributed by atoms with Gasteiger partial charge in [-0.2, -0.15) is 13.2 Å². The van der Waals surface area contributed by atoms with Crippen LogP contribution in [0.15, 0.2) is 35.1 Å². The third-order valence-electron chi connectivity index (χ3n) is 2.48. The van der Waals surface area contributed by atoms with Crippen molar-refractivity contribution in [1.29, 1.82) is 0 Å². The first kappa shape index (κ1) is 15.5. The van der Waals surface area contributed by atoms with Crippen LogP contribution in [0.2, 0.25) is 0 Å². The van der Waals surface area contributed by atoms with Crippen LogP contribution in [-0.2, 0) is 12.7 Å². The Kier molecular flexibility index (Phi) is 4.94. The van der Waals surface area contributed by atoms with Gasteiger partial charge in [0, 0.05) is 25.2 Å². The highest BCUT2D eigenvalue weighted by Crippen LogP contribution is 2.28. The molecule has 0 atom stereocenters. The van der Waals surface area contributed by atoms with E-state index in [4.69, 9.17) is 0 Å². The van der Waals surface area contributed by atoms with Crippen molar-refractivity contribution in [2.24, 2.45) is 0 Å². The molecule has 0 radical (unpaired) electrons. The van der Waals surface area contributed by atoms with Gasteiger partial charge in [0.05, 0.1) is 0 Å². The van der Waals surface area contributed by atoms with Crippen LogP contribution >= 0.6 is 0 Å². The summed E-state index contributed by atoms with van der Waals surface area (Å²) in [5.41, 5.74) is -1.11. The molecule has 0 aliphatic rings. The van der Waals surface area contributed by atoms with E-state index in [-0.39, 0.29) is 12.6 Å². The SMILES string of the molecule is C=C(CNC(C)C)Cn1c(C(F)(F)F)cccc1=O. The van der Waals surface area contributed by atoms with Crippen LogP contribution in [0, 0.1) is 0 Å². The van der Waals surface area contributed by atoms with E-state index in [0.29, 0.717) is 16.7 Å². The maximum Gasteiger partial charge on any atom is 0.431 e. The first-order valence-corrected chi connectivity index (χ1v) is 5.89. The first-order chi connectivity index (χ1) is 8.71. The number of aromatic nitrogens is 1. The van der Waals surface area contributed by atoms with Crippen molar-refractivity contribution < 1.29 is 13.2 Å². The van der Waals surface area contributed by atoms with E-state index < -0.39 is 17.4 Å². The summed E-state index contributed by atoms with van der Waals surface area (Å²) in [6, 6.07) is 3.31. The molecule has 0 fully saturated rings. The highest BCUT2D eigenvalue weighted by molar-refractivity contribution is 5.13. The summed E-state index contributed by atoms with van der Waals surface area (Å²) in [6.07, 6.45) is -4.55. The molecule has 1 rings (SSSR count). The zero-order valence-corrected chi connectivity index (χ0v) is 10.9. The van der Waals surface area contributed by atoms with Gasteiger partial charge in [0.15, 0.2) is 0 Å². The standard InChI is InChI=1S/C13H17F3N2O/c1-9(2)17-7-10(3)8-18-11(13(14,15)16)5-4-6-12(18)19/h4-6,9,17H,3,7-8H2,1-2H3. The Bertz CT molecular complexity index is 503. The minimum absolute atomic E-state index is 0.145. The second-order valence-corrected chi connectivity index (χ2v) is 4.62. The Morgan fingerprint density at radius 1 is 1.42 bits per heavy atom. The minimum Gasteiger partial charge on any atom is -0.311 e. The molecule has 0 amide bonds. The summed E-state index contributed by atoms with van der Waals surface area (Å²) in [5.74, 6) is 0. The molecule has 19 heavy (non-hydrogen) atoms. The van der Waals surface area contributed by atoms with Crippen LogP contribution in [0.25, 0.3) is 0 Å². The van der Waals surface area contributed by atoms with Gasteiger partial charge in [-0.25, -0.2) is 0 Å². The number of rotatable bonds is 5. The van der Waals surface area contributed by atoms with Crippen molar-refractivity contribution in [1.82, 2.24) is 9.88 Å². The van der Waals surface area contributed by atoms with Gasteiger partial charge in [-0.3, -0.25) is 4.79 Å². The van der Waals surface area contributed by atoms with Crippen LogP contribution in [0.1, 0.15) is 19.5 Å². The Labute approximate surface area is 109 Å². The number of alkyl halides is 3. The molecule has 0 spiro atoms. The van der Waals surface area contributed by atoms with Gasteiger partial charge in [0.2, 0.25) is 0 Å². The Morgan fingerprint density at radius 3 is 2.58 bits per heavy atom. The summed E-state index contributed by atoms with van der Waals surface area (Å²) in [4.78, 5) is 11.6. The third kappa shape index (κ3) is 4.55. The maximum absolute atomic E-state index is 12.8. The highest BCUT2D eigenvalue weighted by Gasteiger charge is 2.34. The third-order valence-corrected chi connectivity index (χ3v) is 2.48. The van der Waals surface area contributed by atoms with Gasteiger partial charge in [0.25, 0.3) is 5.56 Å². The predicted molar refractivity (Wildman–Crippen MR) is 68.0 cm³/mol. The molecule has 0 bridgehead atoms. The molecule has 0 saturated heterocycles. The smallest absolute Gasteiger partial charge is 0.311 e. The molecule has 1 N–H and O–H groups in total. The Hall–Kier alpha value is -1.56. The number of halogens is 3. The largest absolute Gasteiger partial charge is 0.431 e. The van der Waals surface area contributed by atoms with Gasteiger partial charge in [0.1, 0.15) is 5.69 Å². The normalized spacial score (nSPS) is 11.9. The fraction of sp³-hybridized carbons (Fsp3) is 0.462. The lowest BCUT2D eigenvalue weighted by atomic mass is 10.2. The number of pyridine rings is 1. The van der Waals surface area contributed by atoms with Crippen molar-refractivity contribution in [2.45, 2.75) is 32.6 Å². The molecule has 106 valence electrons. The fourth-order valence-electron chi connectivity index (χ4n) is 1.56. The molecule has 3 nitrogen and oxygen atoms in total. The molecular formula is C13H17F3N2O. The first-order valence-electron chi connectivity index (χ1n) is 5.89. The van der Waals surface area contributed by atoms with E-state index in [1.807, 2.05) is 13.8 Å².